The molecule has 0 unspecified atom stereocenters. The van der Waals surface area contributed by atoms with Gasteiger partial charge in [-0.25, -0.2) is 0 Å². The normalized spacial score (nSPS) is 14.8. The van der Waals surface area contributed by atoms with Crippen molar-refractivity contribution in [2.45, 2.75) is 0 Å². The van der Waals surface area contributed by atoms with E-state index in [9.17, 15) is 10.1 Å². The fraction of sp³-hybridized carbons (Fsp3) is 0.300. The van der Waals surface area contributed by atoms with Crippen LogP contribution in [-0.2, 0) is 0 Å². The largest absolute Gasteiger partial charge is 0.356 e. The lowest BCUT2D eigenvalue weighted by Crippen LogP contribution is -2.19. The van der Waals surface area contributed by atoms with Gasteiger partial charge in [-0.1, -0.05) is 0 Å². The fourth-order valence-electron chi connectivity index (χ4n) is 1.61. The second-order valence-corrected chi connectivity index (χ2v) is 4.45. The van der Waals surface area contributed by atoms with Crippen LogP contribution in [-0.4, -0.2) is 23.1 Å². The molecule has 1 aromatic carbocycles. The highest BCUT2D eigenvalue weighted by atomic mass is 32.2. The van der Waals surface area contributed by atoms with Gasteiger partial charge in [0.25, 0.3) is 5.69 Å². The zero-order valence-corrected chi connectivity index (χ0v) is 9.24. The van der Waals surface area contributed by atoms with Gasteiger partial charge in [-0.3, -0.25) is 10.1 Å². The number of nitrogens with zero attached hydrogens (tertiary/aromatic N) is 3. The number of hydrogen-bond donors (Lipinski definition) is 0. The minimum Gasteiger partial charge on any atom is -0.356 e. The molecule has 0 aliphatic carbocycles. The molecule has 0 saturated carbocycles. The fourth-order valence-corrected chi connectivity index (χ4v) is 2.58. The number of benzene rings is 1. The lowest BCUT2D eigenvalue weighted by molar-refractivity contribution is -0.384. The number of hydrogen-bond acceptors (Lipinski definition) is 5. The van der Waals surface area contributed by atoms with Crippen molar-refractivity contribution in [1.29, 1.82) is 5.26 Å². The van der Waals surface area contributed by atoms with Crippen molar-refractivity contribution < 1.29 is 4.92 Å². The lowest BCUT2D eigenvalue weighted by Gasteiger charge is -2.16. The van der Waals surface area contributed by atoms with E-state index in [4.69, 9.17) is 5.26 Å². The smallest absolute Gasteiger partial charge is 0.293 e. The number of rotatable bonds is 2. The van der Waals surface area contributed by atoms with Crippen molar-refractivity contribution >= 4 is 23.1 Å². The van der Waals surface area contributed by atoms with Gasteiger partial charge < -0.3 is 4.90 Å². The average Bonchev–Trinajstić information content (AvgIpc) is 2.81. The second-order valence-electron chi connectivity index (χ2n) is 3.37. The van der Waals surface area contributed by atoms with Crippen molar-refractivity contribution in [3.8, 4) is 6.07 Å². The van der Waals surface area contributed by atoms with Crippen LogP contribution in [0, 0.1) is 21.4 Å². The summed E-state index contributed by atoms with van der Waals surface area (Å²) in [6, 6.07) is 6.52. The molecule has 1 aliphatic heterocycles. The van der Waals surface area contributed by atoms with Gasteiger partial charge in [-0.2, -0.15) is 5.26 Å². The monoisotopic (exact) mass is 235 g/mol. The highest BCUT2D eigenvalue weighted by Gasteiger charge is 2.22. The molecule has 0 spiro atoms. The molecule has 0 aromatic heterocycles. The maximum Gasteiger partial charge on any atom is 0.293 e. The van der Waals surface area contributed by atoms with Crippen LogP contribution >= 0.6 is 11.8 Å². The molecular formula is C10H9N3O2S. The first kappa shape index (κ1) is 10.8. The van der Waals surface area contributed by atoms with Gasteiger partial charge in [-0.15, -0.1) is 11.8 Å². The number of thioether (sulfide) groups is 1. The summed E-state index contributed by atoms with van der Waals surface area (Å²) in [6.07, 6.45) is 0. The third-order valence-corrected chi connectivity index (χ3v) is 3.36. The quantitative estimate of drug-likeness (QED) is 0.579. The second kappa shape index (κ2) is 4.41. The van der Waals surface area contributed by atoms with E-state index in [-0.39, 0.29) is 5.69 Å². The third kappa shape index (κ3) is 1.95. The molecule has 16 heavy (non-hydrogen) atoms. The maximum atomic E-state index is 10.9. The van der Waals surface area contributed by atoms with Gasteiger partial charge in [0.2, 0.25) is 0 Å². The molecule has 1 aromatic rings. The summed E-state index contributed by atoms with van der Waals surface area (Å²) < 4.78 is 0. The van der Waals surface area contributed by atoms with E-state index in [1.165, 1.54) is 6.07 Å². The van der Waals surface area contributed by atoms with Crippen LogP contribution in [0.15, 0.2) is 18.2 Å². The first-order chi connectivity index (χ1) is 7.72. The van der Waals surface area contributed by atoms with Crippen LogP contribution in [0.1, 0.15) is 5.56 Å². The van der Waals surface area contributed by atoms with Gasteiger partial charge in [0.1, 0.15) is 5.69 Å². The van der Waals surface area contributed by atoms with Gasteiger partial charge >= 0.3 is 0 Å². The van der Waals surface area contributed by atoms with Crippen molar-refractivity contribution in [2.75, 3.05) is 23.1 Å². The molecule has 0 radical (unpaired) electrons. The molecule has 0 N–H and O–H groups in total. The first-order valence-electron chi connectivity index (χ1n) is 4.73. The standard InChI is InChI=1S/C10H9N3O2S/c11-6-8-1-2-9(10(5-8)13(14)15)12-3-4-16-7-12/h1-2,5H,3-4,7H2. The van der Waals surface area contributed by atoms with Crippen LogP contribution in [0.4, 0.5) is 11.4 Å². The lowest BCUT2D eigenvalue weighted by atomic mass is 10.2. The minimum atomic E-state index is -0.431. The predicted octanol–water partition coefficient (Wildman–Crippen LogP) is 1.98. The van der Waals surface area contributed by atoms with Crippen LogP contribution in [0.3, 0.4) is 0 Å². The van der Waals surface area contributed by atoms with Gasteiger partial charge in [0.15, 0.2) is 0 Å². The van der Waals surface area contributed by atoms with E-state index in [0.717, 1.165) is 18.2 Å². The Morgan fingerprint density at radius 1 is 1.56 bits per heavy atom. The summed E-state index contributed by atoms with van der Waals surface area (Å²) in [7, 11) is 0. The summed E-state index contributed by atoms with van der Waals surface area (Å²) in [4.78, 5) is 12.4. The predicted molar refractivity (Wildman–Crippen MR) is 62.5 cm³/mol. The van der Waals surface area contributed by atoms with Crippen molar-refractivity contribution in [3.05, 3.63) is 33.9 Å². The van der Waals surface area contributed by atoms with Crippen LogP contribution in [0.25, 0.3) is 0 Å². The summed E-state index contributed by atoms with van der Waals surface area (Å²) in [6.45, 7) is 0.817. The van der Waals surface area contributed by atoms with E-state index >= 15 is 0 Å². The molecule has 82 valence electrons. The van der Waals surface area contributed by atoms with E-state index < -0.39 is 4.92 Å². The Morgan fingerprint density at radius 3 is 2.94 bits per heavy atom. The molecule has 0 bridgehead atoms. The highest BCUT2D eigenvalue weighted by molar-refractivity contribution is 7.99. The zero-order chi connectivity index (χ0) is 11.5. The number of nitro groups is 1. The minimum absolute atomic E-state index is 0.0153. The number of nitriles is 1. The Hall–Kier alpha value is -1.74. The molecule has 0 atom stereocenters. The first-order valence-corrected chi connectivity index (χ1v) is 5.89. The Kier molecular flexibility index (Phi) is 2.97. The number of anilines is 1. The molecular weight excluding hydrogens is 226 g/mol. The molecule has 2 rings (SSSR count). The molecule has 0 amide bonds. The van der Waals surface area contributed by atoms with Gasteiger partial charge in [0.05, 0.1) is 22.4 Å². The highest BCUT2D eigenvalue weighted by Crippen LogP contribution is 2.32. The molecule has 6 heteroatoms. The van der Waals surface area contributed by atoms with Crippen molar-refractivity contribution in [3.63, 3.8) is 0 Å². The Labute approximate surface area is 96.8 Å². The van der Waals surface area contributed by atoms with Crippen LogP contribution in [0.2, 0.25) is 0 Å². The van der Waals surface area contributed by atoms with Gasteiger partial charge in [0, 0.05) is 18.4 Å². The molecule has 1 aliphatic rings. The number of nitro benzene ring substituents is 1. The van der Waals surface area contributed by atoms with Crippen molar-refractivity contribution in [1.82, 2.24) is 0 Å². The van der Waals surface area contributed by atoms with Crippen molar-refractivity contribution in [2.24, 2.45) is 0 Å². The van der Waals surface area contributed by atoms with E-state index in [1.807, 2.05) is 11.0 Å². The molecule has 1 saturated heterocycles. The summed E-state index contributed by atoms with van der Waals surface area (Å²) in [5.74, 6) is 1.75. The molecule has 1 heterocycles. The van der Waals surface area contributed by atoms with Crippen LogP contribution in [0.5, 0.6) is 0 Å². The Balaban J connectivity index is 2.44. The molecule has 5 nitrogen and oxygen atoms in total. The van der Waals surface area contributed by atoms with E-state index in [0.29, 0.717) is 11.3 Å². The topological polar surface area (TPSA) is 70.2 Å². The SMILES string of the molecule is N#Cc1ccc(N2CCSC2)c([N+](=O)[O-])c1. The Morgan fingerprint density at radius 2 is 2.38 bits per heavy atom. The summed E-state index contributed by atoms with van der Waals surface area (Å²) in [5.41, 5.74) is 0.942. The van der Waals surface area contributed by atoms with E-state index in [2.05, 4.69) is 0 Å². The molecule has 1 fully saturated rings. The summed E-state index contributed by atoms with van der Waals surface area (Å²) in [5, 5.41) is 19.6. The zero-order valence-electron chi connectivity index (χ0n) is 8.42. The summed E-state index contributed by atoms with van der Waals surface area (Å²) >= 11 is 1.75. The Bertz CT molecular complexity index is 464. The third-order valence-electron chi connectivity index (χ3n) is 2.39. The van der Waals surface area contributed by atoms with Gasteiger partial charge in [-0.05, 0) is 12.1 Å². The van der Waals surface area contributed by atoms with Crippen LogP contribution < -0.4 is 4.90 Å². The average molecular weight is 235 g/mol. The van der Waals surface area contributed by atoms with E-state index in [1.54, 1.807) is 23.9 Å². The maximum absolute atomic E-state index is 10.9.